The molecule has 4 heterocycles. The maximum absolute atomic E-state index is 12.1. The lowest BCUT2D eigenvalue weighted by Gasteiger charge is -2.21. The summed E-state index contributed by atoms with van der Waals surface area (Å²) in [7, 11) is 0. The Labute approximate surface area is 297 Å². The largest absolute Gasteiger partial charge is 0.464 e. The third-order valence-electron chi connectivity index (χ3n) is 8.80. The molecule has 4 saturated heterocycles. The summed E-state index contributed by atoms with van der Waals surface area (Å²) in [6.07, 6.45) is -2.10. The summed E-state index contributed by atoms with van der Waals surface area (Å²) in [6.45, 7) is 4.90. The van der Waals surface area contributed by atoms with Gasteiger partial charge in [-0.3, -0.25) is 19.3 Å². The number of halogens is 2. The molecule has 0 aromatic heterocycles. The summed E-state index contributed by atoms with van der Waals surface area (Å²) in [6, 6.07) is 22.3. The van der Waals surface area contributed by atoms with Gasteiger partial charge in [0.25, 0.3) is 0 Å². The number of cyclic esters (lactones) is 2. The van der Waals surface area contributed by atoms with E-state index in [0.717, 1.165) is 25.8 Å². The Morgan fingerprint density at radius 2 is 1.12 bits per heavy atom. The van der Waals surface area contributed by atoms with Crippen LogP contribution in [0.25, 0.3) is 0 Å². The molecule has 0 saturated carbocycles. The molecule has 4 aliphatic heterocycles. The summed E-state index contributed by atoms with van der Waals surface area (Å²) in [5.74, 6) is 5.44. The molecule has 8 atom stereocenters. The number of ether oxygens (including phenoxy) is 2. The van der Waals surface area contributed by atoms with Crippen molar-refractivity contribution < 1.29 is 39.0 Å². The van der Waals surface area contributed by atoms with Crippen LogP contribution in [0.4, 0.5) is 0 Å². The van der Waals surface area contributed by atoms with Crippen LogP contribution < -0.4 is 0 Å². The molecule has 0 aliphatic carbocycles. The van der Waals surface area contributed by atoms with Gasteiger partial charge >= 0.3 is 11.9 Å². The molecule has 3 aromatic rings. The summed E-state index contributed by atoms with van der Waals surface area (Å²) in [5, 5.41) is 23.7. The lowest BCUT2D eigenvalue weighted by atomic mass is 9.95. The zero-order valence-corrected chi connectivity index (χ0v) is 29.3. The fourth-order valence-electron chi connectivity index (χ4n) is 6.35. The van der Waals surface area contributed by atoms with E-state index in [1.54, 1.807) is 24.0 Å². The molecule has 12 heteroatoms. The second kappa shape index (κ2) is 15.2. The van der Waals surface area contributed by atoms with Gasteiger partial charge in [0.1, 0.15) is 24.3 Å². The van der Waals surface area contributed by atoms with Crippen molar-refractivity contribution >= 4 is 46.1 Å². The molecule has 0 amide bonds. The molecule has 7 rings (SSSR count). The molecule has 4 fully saturated rings. The fourth-order valence-corrected chi connectivity index (χ4v) is 6.84. The number of aliphatic hydroxyl groups excluding tert-OH is 2. The monoisotopic (exact) mass is 786 g/mol. The van der Waals surface area contributed by atoms with Crippen molar-refractivity contribution in [3.8, 4) is 11.8 Å². The summed E-state index contributed by atoms with van der Waals surface area (Å²) < 4.78 is 11.4. The van der Waals surface area contributed by atoms with Crippen LogP contribution in [0.2, 0.25) is 5.02 Å². The summed E-state index contributed by atoms with van der Waals surface area (Å²) >= 11 is 8.13. The van der Waals surface area contributed by atoms with Crippen LogP contribution in [-0.4, -0.2) is 82.0 Å². The van der Waals surface area contributed by atoms with E-state index in [9.17, 15) is 19.8 Å². The number of hydrogen-bond donors (Lipinski definition) is 2. The smallest absolute Gasteiger partial charge is 0.326 e. The highest BCUT2D eigenvalue weighted by molar-refractivity contribution is 14.1. The van der Waals surface area contributed by atoms with Gasteiger partial charge in [0.15, 0.2) is 0 Å². The van der Waals surface area contributed by atoms with E-state index < -0.39 is 30.4 Å². The van der Waals surface area contributed by atoms with Crippen LogP contribution >= 0.6 is 34.2 Å². The lowest BCUT2D eigenvalue weighted by Crippen LogP contribution is -2.35. The first-order valence-electron chi connectivity index (χ1n) is 15.7. The topological polar surface area (TPSA) is 118 Å². The zero-order chi connectivity index (χ0) is 33.9. The Morgan fingerprint density at radius 3 is 1.54 bits per heavy atom. The molecule has 10 nitrogen and oxygen atoms in total. The van der Waals surface area contributed by atoms with Gasteiger partial charge in [0, 0.05) is 19.7 Å². The van der Waals surface area contributed by atoms with Gasteiger partial charge in [-0.25, -0.2) is 0 Å². The molecular weight excluding hydrogens is 751 g/mol. The molecule has 48 heavy (non-hydrogen) atoms. The predicted molar refractivity (Wildman–Crippen MR) is 184 cm³/mol. The van der Waals surface area contributed by atoms with Crippen molar-refractivity contribution in [2.24, 2.45) is 11.8 Å². The number of carbonyl (C=O) groups is 2. The number of esters is 2. The first-order chi connectivity index (χ1) is 23.1. The minimum Gasteiger partial charge on any atom is -0.464 e. The van der Waals surface area contributed by atoms with Crippen molar-refractivity contribution in [3.05, 3.63) is 104 Å². The van der Waals surface area contributed by atoms with Crippen molar-refractivity contribution in [2.75, 3.05) is 13.2 Å². The van der Waals surface area contributed by atoms with Crippen molar-refractivity contribution in [2.45, 2.75) is 63.4 Å². The number of fused-ring (bicyclic) bond motifs is 2. The van der Waals surface area contributed by atoms with Crippen LogP contribution in [0.15, 0.2) is 72.8 Å². The third-order valence-corrected chi connectivity index (χ3v) is 9.77. The van der Waals surface area contributed by atoms with Crippen molar-refractivity contribution in [1.29, 1.82) is 0 Å². The van der Waals surface area contributed by atoms with Gasteiger partial charge in [-0.2, -0.15) is 10.1 Å². The molecule has 2 N–H and O–H groups in total. The minimum absolute atomic E-state index is 0.0913. The van der Waals surface area contributed by atoms with E-state index in [2.05, 4.69) is 34.4 Å². The minimum atomic E-state index is -0.669. The Bertz CT molecular complexity index is 1660. The van der Waals surface area contributed by atoms with E-state index in [-0.39, 0.29) is 36.5 Å². The highest BCUT2D eigenvalue weighted by Crippen LogP contribution is 2.37. The SMILES string of the molecule is C[C@H](O)[C@@H]1ON(Cc2ccc(C#Cc3ccc(Cl)cc3)cc2)[C@@H]2C(=O)OC[C@H]12.C[C@H](O)[C@@H]1ON(Cc2ccc(I)cc2)[C@@H]2C(=O)OC[C@H]12. The van der Waals surface area contributed by atoms with Crippen LogP contribution in [0.3, 0.4) is 0 Å². The van der Waals surface area contributed by atoms with Crippen molar-refractivity contribution in [1.82, 2.24) is 10.1 Å². The standard InChI is InChI=1S/C22H20ClNO4.C14H16INO4/c1-14(25)21-19-13-27-22(26)20(19)24(28-21)12-17-6-4-15(5-7-17)2-3-16-8-10-18(23)11-9-16;1-8(17)13-11-7-19-14(18)12(11)16(20-13)6-9-2-4-10(15)5-3-9/h4-11,14,19-21,25H,12-13H2,1H3;2-5,8,11-13,17H,6-7H2,1H3/t14-,19-,20-,21-;8-,11-,12-,13-/m00/s1. The quantitative estimate of drug-likeness (QED) is 0.215. The molecule has 4 aliphatic rings. The summed E-state index contributed by atoms with van der Waals surface area (Å²) in [4.78, 5) is 35.5. The highest BCUT2D eigenvalue weighted by atomic mass is 127. The normalized spacial score (nSPS) is 27.5. The zero-order valence-electron chi connectivity index (χ0n) is 26.4. The highest BCUT2D eigenvalue weighted by Gasteiger charge is 2.55. The lowest BCUT2D eigenvalue weighted by molar-refractivity contribution is -0.202. The average Bonchev–Trinajstić information content (AvgIpc) is 3.83. The van der Waals surface area contributed by atoms with Crippen LogP contribution in [-0.2, 0) is 41.8 Å². The van der Waals surface area contributed by atoms with Gasteiger partial charge in [-0.15, -0.1) is 0 Å². The average molecular weight is 787 g/mol. The first-order valence-corrected chi connectivity index (χ1v) is 17.2. The Morgan fingerprint density at radius 1 is 0.729 bits per heavy atom. The second-order valence-corrected chi connectivity index (χ2v) is 14.0. The van der Waals surface area contributed by atoms with Crippen LogP contribution in [0.5, 0.6) is 0 Å². The van der Waals surface area contributed by atoms with Gasteiger partial charge in [0.05, 0.1) is 50.3 Å². The second-order valence-electron chi connectivity index (χ2n) is 12.3. The van der Waals surface area contributed by atoms with Gasteiger partial charge in [-0.05, 0) is 96.1 Å². The third kappa shape index (κ3) is 7.87. The molecule has 0 bridgehead atoms. The number of nitrogens with zero attached hydrogens (tertiary/aromatic N) is 2. The number of benzene rings is 3. The van der Waals surface area contributed by atoms with Crippen molar-refractivity contribution in [3.63, 3.8) is 0 Å². The van der Waals surface area contributed by atoms with Gasteiger partial charge in [-0.1, -0.05) is 47.7 Å². The molecule has 3 aromatic carbocycles. The molecule has 0 radical (unpaired) electrons. The molecule has 0 spiro atoms. The number of hydroxylamine groups is 4. The van der Waals surface area contributed by atoms with E-state index >= 15 is 0 Å². The Kier molecular flexibility index (Phi) is 11.0. The van der Waals surface area contributed by atoms with Gasteiger partial charge < -0.3 is 19.7 Å². The fraction of sp³-hybridized carbons (Fsp3) is 0.389. The van der Waals surface area contributed by atoms with E-state index in [0.29, 0.717) is 24.7 Å². The maximum atomic E-state index is 12.1. The van der Waals surface area contributed by atoms with Gasteiger partial charge in [0.2, 0.25) is 0 Å². The first kappa shape index (κ1) is 34.8. The Hall–Kier alpha value is -3.06. The van der Waals surface area contributed by atoms with E-state index in [1.165, 1.54) is 0 Å². The molecule has 252 valence electrons. The van der Waals surface area contributed by atoms with Crippen LogP contribution in [0.1, 0.15) is 36.1 Å². The van der Waals surface area contributed by atoms with E-state index in [1.807, 2.05) is 72.8 Å². The predicted octanol–water partition coefficient (Wildman–Crippen LogP) is 4.11. The van der Waals surface area contributed by atoms with Crippen LogP contribution in [0, 0.1) is 27.2 Å². The summed E-state index contributed by atoms with van der Waals surface area (Å²) in [5.41, 5.74) is 3.84. The van der Waals surface area contributed by atoms with E-state index in [4.69, 9.17) is 30.7 Å². The molecule has 0 unspecified atom stereocenters. The number of aliphatic hydroxyl groups is 2. The number of rotatable bonds is 6. The number of carbonyl (C=O) groups excluding carboxylic acids is 2. The maximum Gasteiger partial charge on any atom is 0.326 e. The number of hydrogen-bond acceptors (Lipinski definition) is 10. The molecular formula is C36H36ClIN2O8. The Balaban J connectivity index is 0.000000177.